The fourth-order valence-electron chi connectivity index (χ4n) is 1.66. The van der Waals surface area contributed by atoms with Crippen molar-refractivity contribution in [1.82, 2.24) is 0 Å². The van der Waals surface area contributed by atoms with Crippen LogP contribution >= 0.6 is 0 Å². The third-order valence-electron chi connectivity index (χ3n) is 2.78. The number of hydrogen-bond donors (Lipinski definition) is 0. The van der Waals surface area contributed by atoms with Gasteiger partial charge in [0.05, 0.1) is 0 Å². The fourth-order valence-corrected chi connectivity index (χ4v) is 1.66. The van der Waals surface area contributed by atoms with Gasteiger partial charge in [-0.25, -0.2) is 0 Å². The Morgan fingerprint density at radius 3 is 2.71 bits per heavy atom. The Balaban J connectivity index is 2.50. The van der Waals surface area contributed by atoms with Gasteiger partial charge >= 0.3 is 0 Å². The van der Waals surface area contributed by atoms with Crippen molar-refractivity contribution in [1.29, 1.82) is 0 Å². The maximum absolute atomic E-state index is 5.34. The van der Waals surface area contributed by atoms with Crippen molar-refractivity contribution in [2.75, 3.05) is 0 Å². The first-order valence-corrected chi connectivity index (χ1v) is 5.34. The first-order valence-electron chi connectivity index (χ1n) is 5.34. The van der Waals surface area contributed by atoms with Crippen molar-refractivity contribution in [2.45, 2.75) is 39.5 Å². The lowest BCUT2D eigenvalue weighted by molar-refractivity contribution is 0.744. The molecule has 0 atom stereocenters. The zero-order valence-corrected chi connectivity index (χ0v) is 9.22. The molecule has 1 aromatic carbocycles. The monoisotopic (exact) mass is 187 g/mol. The Hall–Kier alpha value is -1.04. The van der Waals surface area contributed by atoms with Crippen LogP contribution in [0.25, 0.3) is 0 Å². The molecule has 0 fully saturated rings. The van der Waals surface area contributed by atoms with Gasteiger partial charge in [0.15, 0.2) is 0 Å². The minimum Gasteiger partial charge on any atom is -0.0845 e. The maximum atomic E-state index is 5.34. The van der Waals surface area contributed by atoms with Crippen LogP contribution < -0.4 is 0 Å². The highest BCUT2D eigenvalue weighted by Gasteiger charge is 1.99. The smallest absolute Gasteiger partial charge is 0.0276 e. The third-order valence-corrected chi connectivity index (χ3v) is 2.78. The number of aryl methyl sites for hydroxylation is 2. The summed E-state index contributed by atoms with van der Waals surface area (Å²) in [7, 11) is 0. The topological polar surface area (TPSA) is 0 Å². The zero-order valence-electron chi connectivity index (χ0n) is 9.22. The Bertz CT molecular complexity index is 297. The Morgan fingerprint density at radius 2 is 2.00 bits per heavy atom. The SMILES string of the molecule is [CH]=CCCCCc1cccc(C)c1C. The van der Waals surface area contributed by atoms with Gasteiger partial charge in [0, 0.05) is 0 Å². The van der Waals surface area contributed by atoms with E-state index in [1.54, 1.807) is 6.08 Å². The zero-order chi connectivity index (χ0) is 10.4. The van der Waals surface area contributed by atoms with Crippen LogP contribution in [0.2, 0.25) is 0 Å². The molecule has 14 heavy (non-hydrogen) atoms. The lowest BCUT2D eigenvalue weighted by atomic mass is 9.99. The quantitative estimate of drug-likeness (QED) is 0.611. The average Bonchev–Trinajstić information content (AvgIpc) is 2.19. The summed E-state index contributed by atoms with van der Waals surface area (Å²) >= 11 is 0. The van der Waals surface area contributed by atoms with E-state index in [2.05, 4.69) is 32.0 Å². The number of allylic oxidation sites excluding steroid dienone is 1. The Labute approximate surface area is 87.7 Å². The molecule has 0 aromatic heterocycles. The molecule has 1 aromatic rings. The first kappa shape index (κ1) is 11.0. The second-order valence-corrected chi connectivity index (χ2v) is 3.84. The van der Waals surface area contributed by atoms with Gasteiger partial charge < -0.3 is 0 Å². The van der Waals surface area contributed by atoms with Crippen molar-refractivity contribution in [3.05, 3.63) is 47.5 Å². The Morgan fingerprint density at radius 1 is 1.21 bits per heavy atom. The van der Waals surface area contributed by atoms with Crippen LogP contribution in [0.5, 0.6) is 0 Å². The van der Waals surface area contributed by atoms with Crippen LogP contribution in [0, 0.1) is 20.4 Å². The predicted molar refractivity (Wildman–Crippen MR) is 62.3 cm³/mol. The molecule has 0 aliphatic carbocycles. The summed E-state index contributed by atoms with van der Waals surface area (Å²) in [6, 6.07) is 6.55. The molecule has 0 heterocycles. The molecule has 0 spiro atoms. The van der Waals surface area contributed by atoms with E-state index >= 15 is 0 Å². The number of hydrogen-bond acceptors (Lipinski definition) is 0. The molecule has 0 nitrogen and oxygen atoms in total. The summed E-state index contributed by atoms with van der Waals surface area (Å²) in [5, 5.41) is 0. The molecule has 1 radical (unpaired) electrons. The molecular weight excluding hydrogens is 168 g/mol. The summed E-state index contributed by atoms with van der Waals surface area (Å²) in [4.78, 5) is 0. The molecule has 0 saturated carbocycles. The van der Waals surface area contributed by atoms with Crippen molar-refractivity contribution >= 4 is 0 Å². The summed E-state index contributed by atoms with van der Waals surface area (Å²) in [5.74, 6) is 0. The van der Waals surface area contributed by atoms with Crippen LogP contribution in [-0.4, -0.2) is 0 Å². The van der Waals surface area contributed by atoms with Gasteiger partial charge in [-0.05, 0) is 56.2 Å². The number of rotatable bonds is 5. The molecular formula is C14H19. The molecule has 1 rings (SSSR count). The van der Waals surface area contributed by atoms with E-state index in [1.165, 1.54) is 36.0 Å². The molecule has 0 aliphatic heterocycles. The van der Waals surface area contributed by atoms with E-state index in [4.69, 9.17) is 6.58 Å². The summed E-state index contributed by atoms with van der Waals surface area (Å²) < 4.78 is 0. The first-order chi connectivity index (χ1) is 6.75. The van der Waals surface area contributed by atoms with Crippen molar-refractivity contribution in [2.24, 2.45) is 0 Å². The van der Waals surface area contributed by atoms with E-state index in [0.717, 1.165) is 6.42 Å². The molecule has 75 valence electrons. The third kappa shape index (κ3) is 3.02. The average molecular weight is 187 g/mol. The van der Waals surface area contributed by atoms with Gasteiger partial charge in [-0.3, -0.25) is 0 Å². The Kier molecular flexibility index (Phi) is 4.45. The molecule has 0 saturated heterocycles. The van der Waals surface area contributed by atoms with Crippen LogP contribution in [0.15, 0.2) is 24.3 Å². The summed E-state index contributed by atoms with van der Waals surface area (Å²) in [6.07, 6.45) is 6.40. The normalized spacial score (nSPS) is 10.1. The number of unbranched alkanes of at least 4 members (excludes halogenated alkanes) is 2. The van der Waals surface area contributed by atoms with Gasteiger partial charge in [-0.15, -0.1) is 0 Å². The molecule has 0 heteroatoms. The molecule has 0 amide bonds. The molecule has 0 N–H and O–H groups in total. The molecule has 0 unspecified atom stereocenters. The van der Waals surface area contributed by atoms with Crippen LogP contribution in [0.1, 0.15) is 36.0 Å². The minimum absolute atomic E-state index is 1.03. The predicted octanol–water partition coefficient (Wildman–Crippen LogP) is 4.01. The lowest BCUT2D eigenvalue weighted by Crippen LogP contribution is -1.92. The van der Waals surface area contributed by atoms with Gasteiger partial charge in [0.25, 0.3) is 0 Å². The van der Waals surface area contributed by atoms with E-state index in [9.17, 15) is 0 Å². The molecule has 0 aliphatic rings. The summed E-state index contributed by atoms with van der Waals surface area (Å²) in [6.45, 7) is 9.72. The van der Waals surface area contributed by atoms with Crippen LogP contribution in [0.4, 0.5) is 0 Å². The maximum Gasteiger partial charge on any atom is -0.0276 e. The van der Waals surface area contributed by atoms with Gasteiger partial charge in [0.1, 0.15) is 0 Å². The summed E-state index contributed by atoms with van der Waals surface area (Å²) in [5.41, 5.74) is 4.33. The van der Waals surface area contributed by atoms with E-state index < -0.39 is 0 Å². The standard InChI is InChI=1S/C14H19/c1-4-5-6-7-10-14-11-8-9-12(2)13(14)3/h1,4,8-9,11H,5-7,10H2,2-3H3. The number of benzene rings is 1. The minimum atomic E-state index is 1.03. The highest BCUT2D eigenvalue weighted by atomic mass is 14.0. The lowest BCUT2D eigenvalue weighted by Gasteiger charge is -2.07. The highest BCUT2D eigenvalue weighted by Crippen LogP contribution is 2.15. The van der Waals surface area contributed by atoms with Crippen LogP contribution in [-0.2, 0) is 6.42 Å². The largest absolute Gasteiger partial charge is 0.0845 e. The van der Waals surface area contributed by atoms with Gasteiger partial charge in [0.2, 0.25) is 0 Å². The van der Waals surface area contributed by atoms with Crippen molar-refractivity contribution in [3.63, 3.8) is 0 Å². The molecule has 0 bridgehead atoms. The van der Waals surface area contributed by atoms with Crippen molar-refractivity contribution in [3.8, 4) is 0 Å². The fraction of sp³-hybridized carbons (Fsp3) is 0.429. The van der Waals surface area contributed by atoms with Crippen molar-refractivity contribution < 1.29 is 0 Å². The van der Waals surface area contributed by atoms with E-state index in [1.807, 2.05) is 0 Å². The second-order valence-electron chi connectivity index (χ2n) is 3.84. The van der Waals surface area contributed by atoms with Crippen LogP contribution in [0.3, 0.4) is 0 Å². The highest BCUT2D eigenvalue weighted by molar-refractivity contribution is 5.33. The second kappa shape index (κ2) is 5.64. The van der Waals surface area contributed by atoms with E-state index in [-0.39, 0.29) is 0 Å². The van der Waals surface area contributed by atoms with E-state index in [0.29, 0.717) is 0 Å². The van der Waals surface area contributed by atoms with Gasteiger partial charge in [-0.1, -0.05) is 30.9 Å². The van der Waals surface area contributed by atoms with Gasteiger partial charge in [-0.2, -0.15) is 0 Å².